The predicted molar refractivity (Wildman–Crippen MR) is 98.2 cm³/mol. The number of nitrogens with zero attached hydrogens (tertiary/aromatic N) is 5. The number of anilines is 1. The lowest BCUT2D eigenvalue weighted by atomic mass is 10.2. The van der Waals surface area contributed by atoms with Gasteiger partial charge in [-0.05, 0) is 20.3 Å². The first kappa shape index (κ1) is 19.7. The molecule has 0 atom stereocenters. The minimum Gasteiger partial charge on any atom is -0.355 e. The Balaban J connectivity index is 2.23. The van der Waals surface area contributed by atoms with Crippen molar-refractivity contribution in [3.63, 3.8) is 0 Å². The molecule has 0 radical (unpaired) electrons. The van der Waals surface area contributed by atoms with E-state index in [4.69, 9.17) is 0 Å². The number of hydrogen-bond donors (Lipinski definition) is 1. The van der Waals surface area contributed by atoms with Gasteiger partial charge in [0, 0.05) is 46.3 Å². The monoisotopic (exact) mass is 362 g/mol. The molecule has 1 N–H and O–H groups in total. The van der Waals surface area contributed by atoms with Crippen molar-refractivity contribution >= 4 is 11.7 Å². The molecule has 0 aliphatic carbocycles. The molecule has 1 aliphatic rings. The Morgan fingerprint density at radius 2 is 1.85 bits per heavy atom. The highest BCUT2D eigenvalue weighted by atomic mass is 16.2. The zero-order valence-corrected chi connectivity index (χ0v) is 15.8. The van der Waals surface area contributed by atoms with E-state index in [2.05, 4.69) is 5.32 Å². The molecule has 0 spiro atoms. The molecule has 142 valence electrons. The average Bonchev–Trinajstić information content (AvgIpc) is 2.80. The molecule has 0 unspecified atom stereocenters. The Morgan fingerprint density at radius 3 is 2.46 bits per heavy atom. The summed E-state index contributed by atoms with van der Waals surface area (Å²) in [5, 5.41) is 12.3. The molecular weight excluding hydrogens is 336 g/mol. The van der Waals surface area contributed by atoms with E-state index in [0.29, 0.717) is 32.0 Å². The molecule has 1 fully saturated rings. The number of nitrogens with one attached hydrogen (secondary N) is 1. The smallest absolute Gasteiger partial charge is 0.332 e. The van der Waals surface area contributed by atoms with Crippen LogP contribution in [0.1, 0.15) is 25.8 Å². The fraction of sp³-hybridized carbons (Fsp3) is 0.647. The SMILES string of the molecule is CC(C)NC(=O)CN1CCCN(c2c(C#N)c(=O)n(C)c(=O)n2C)CC1. The van der Waals surface area contributed by atoms with E-state index in [0.717, 1.165) is 17.5 Å². The van der Waals surface area contributed by atoms with E-state index >= 15 is 0 Å². The van der Waals surface area contributed by atoms with Crippen LogP contribution in [-0.2, 0) is 18.9 Å². The lowest BCUT2D eigenvalue weighted by Crippen LogP contribution is -2.44. The summed E-state index contributed by atoms with van der Waals surface area (Å²) in [6.07, 6.45) is 0.767. The molecule has 0 aromatic carbocycles. The van der Waals surface area contributed by atoms with Crippen molar-refractivity contribution in [3.05, 3.63) is 26.4 Å². The van der Waals surface area contributed by atoms with Crippen LogP contribution in [-0.4, -0.2) is 58.7 Å². The first-order chi connectivity index (χ1) is 12.3. The largest absolute Gasteiger partial charge is 0.355 e. The third-order valence-corrected chi connectivity index (χ3v) is 4.45. The fourth-order valence-corrected chi connectivity index (χ4v) is 3.21. The van der Waals surface area contributed by atoms with Crippen molar-refractivity contribution in [3.8, 4) is 6.07 Å². The summed E-state index contributed by atoms with van der Waals surface area (Å²) in [7, 11) is 2.93. The lowest BCUT2D eigenvalue weighted by Gasteiger charge is -2.26. The van der Waals surface area contributed by atoms with Gasteiger partial charge in [0.2, 0.25) is 5.91 Å². The molecule has 1 saturated heterocycles. The maximum Gasteiger partial charge on any atom is 0.332 e. The van der Waals surface area contributed by atoms with Gasteiger partial charge in [-0.25, -0.2) is 4.79 Å². The third-order valence-electron chi connectivity index (χ3n) is 4.45. The predicted octanol–water partition coefficient (Wildman–Crippen LogP) is -1.01. The minimum atomic E-state index is -0.581. The van der Waals surface area contributed by atoms with Crippen LogP contribution in [0.15, 0.2) is 9.59 Å². The molecule has 2 heterocycles. The molecule has 26 heavy (non-hydrogen) atoms. The Labute approximate surface area is 152 Å². The van der Waals surface area contributed by atoms with Crippen LogP contribution < -0.4 is 21.5 Å². The van der Waals surface area contributed by atoms with Crippen molar-refractivity contribution in [1.29, 1.82) is 5.26 Å². The maximum atomic E-state index is 12.3. The van der Waals surface area contributed by atoms with Crippen LogP contribution in [0.3, 0.4) is 0 Å². The van der Waals surface area contributed by atoms with Gasteiger partial charge < -0.3 is 10.2 Å². The standard InChI is InChI=1S/C17H26N6O3/c1-12(2)19-14(24)11-22-6-5-7-23(9-8-22)15-13(10-18)16(25)21(4)17(26)20(15)3/h12H,5-9,11H2,1-4H3,(H,19,24). The number of amides is 1. The topological polar surface area (TPSA) is 103 Å². The molecule has 1 aromatic rings. The number of aromatic nitrogens is 2. The summed E-state index contributed by atoms with van der Waals surface area (Å²) in [5.41, 5.74) is -1.06. The van der Waals surface area contributed by atoms with Gasteiger partial charge in [-0.15, -0.1) is 0 Å². The van der Waals surface area contributed by atoms with E-state index < -0.39 is 11.2 Å². The molecule has 9 nitrogen and oxygen atoms in total. The average molecular weight is 362 g/mol. The molecule has 1 aromatic heterocycles. The minimum absolute atomic E-state index is 0.0212. The summed E-state index contributed by atoms with van der Waals surface area (Å²) < 4.78 is 2.30. The van der Waals surface area contributed by atoms with Gasteiger partial charge >= 0.3 is 5.69 Å². The highest BCUT2D eigenvalue weighted by Crippen LogP contribution is 2.17. The second-order valence-corrected chi connectivity index (χ2v) is 6.86. The number of rotatable bonds is 4. The zero-order valence-electron chi connectivity index (χ0n) is 15.8. The van der Waals surface area contributed by atoms with E-state index in [1.165, 1.54) is 11.6 Å². The van der Waals surface area contributed by atoms with E-state index in [1.54, 1.807) is 7.05 Å². The van der Waals surface area contributed by atoms with Crippen LogP contribution >= 0.6 is 0 Å². The van der Waals surface area contributed by atoms with E-state index in [1.807, 2.05) is 29.7 Å². The van der Waals surface area contributed by atoms with Crippen molar-refractivity contribution in [2.75, 3.05) is 37.6 Å². The van der Waals surface area contributed by atoms with Gasteiger partial charge in [0.1, 0.15) is 11.9 Å². The Bertz CT molecular complexity index is 833. The summed E-state index contributed by atoms with van der Waals surface area (Å²) >= 11 is 0. The molecule has 1 amide bonds. The Morgan fingerprint density at radius 1 is 1.15 bits per heavy atom. The van der Waals surface area contributed by atoms with Gasteiger partial charge in [0.15, 0.2) is 5.56 Å². The summed E-state index contributed by atoms with van der Waals surface area (Å²) in [6, 6.07) is 2.04. The highest BCUT2D eigenvalue weighted by Gasteiger charge is 2.24. The molecule has 9 heteroatoms. The second-order valence-electron chi connectivity index (χ2n) is 6.86. The van der Waals surface area contributed by atoms with Crippen molar-refractivity contribution < 1.29 is 4.79 Å². The molecule has 0 bridgehead atoms. The fourth-order valence-electron chi connectivity index (χ4n) is 3.21. The quantitative estimate of drug-likeness (QED) is 0.736. The first-order valence-corrected chi connectivity index (χ1v) is 8.73. The summed E-state index contributed by atoms with van der Waals surface area (Å²) in [5.74, 6) is 0.334. The molecule has 2 rings (SSSR count). The van der Waals surface area contributed by atoms with Crippen molar-refractivity contribution in [2.24, 2.45) is 14.1 Å². The molecule has 1 aliphatic heterocycles. The van der Waals surface area contributed by atoms with Gasteiger partial charge in [0.05, 0.1) is 6.54 Å². The molecular formula is C17H26N6O3. The third kappa shape index (κ3) is 4.14. The maximum absolute atomic E-state index is 12.3. The van der Waals surface area contributed by atoms with Gasteiger partial charge in [0.25, 0.3) is 5.56 Å². The van der Waals surface area contributed by atoms with E-state index in [9.17, 15) is 19.6 Å². The first-order valence-electron chi connectivity index (χ1n) is 8.73. The Hall–Kier alpha value is -2.60. The zero-order chi connectivity index (χ0) is 19.4. The highest BCUT2D eigenvalue weighted by molar-refractivity contribution is 5.78. The van der Waals surface area contributed by atoms with Crippen LogP contribution in [0.5, 0.6) is 0 Å². The van der Waals surface area contributed by atoms with Crippen LogP contribution in [0, 0.1) is 11.3 Å². The van der Waals surface area contributed by atoms with Gasteiger partial charge in [-0.3, -0.25) is 23.6 Å². The number of carbonyl (C=O) groups excluding carboxylic acids is 1. The number of hydrogen-bond acceptors (Lipinski definition) is 6. The summed E-state index contributed by atoms with van der Waals surface area (Å²) in [6.45, 7) is 6.64. The van der Waals surface area contributed by atoms with Crippen LogP contribution in [0.25, 0.3) is 0 Å². The van der Waals surface area contributed by atoms with Crippen molar-refractivity contribution in [1.82, 2.24) is 19.4 Å². The molecule has 0 saturated carbocycles. The normalized spacial score (nSPS) is 15.6. The number of carbonyl (C=O) groups is 1. The van der Waals surface area contributed by atoms with Crippen LogP contribution in [0.4, 0.5) is 5.82 Å². The summed E-state index contributed by atoms with van der Waals surface area (Å²) in [4.78, 5) is 40.4. The second kappa shape index (κ2) is 8.19. The Kier molecular flexibility index (Phi) is 6.21. The van der Waals surface area contributed by atoms with Gasteiger partial charge in [-0.2, -0.15) is 5.26 Å². The van der Waals surface area contributed by atoms with Gasteiger partial charge in [-0.1, -0.05) is 0 Å². The van der Waals surface area contributed by atoms with Crippen molar-refractivity contribution in [2.45, 2.75) is 26.3 Å². The number of nitriles is 1. The lowest BCUT2D eigenvalue weighted by molar-refractivity contribution is -0.122. The van der Waals surface area contributed by atoms with Crippen LogP contribution in [0.2, 0.25) is 0 Å². The van der Waals surface area contributed by atoms with E-state index in [-0.39, 0.29) is 17.5 Å².